The van der Waals surface area contributed by atoms with Crippen molar-refractivity contribution in [2.75, 3.05) is 39.2 Å². The number of likely N-dealkylation sites (N-methyl/N-ethyl adjacent to an activating group) is 1. The number of nitrogens with one attached hydrogen (secondary N) is 1. The van der Waals surface area contributed by atoms with Crippen LogP contribution < -0.4 is 14.8 Å². The summed E-state index contributed by atoms with van der Waals surface area (Å²) in [5.74, 6) is -0.242. The standard InChI is InChI=1S/C29H34N4O7S/c1-19-16-33(20(2)18-34)29(36)25-15-22(31-28(35)21-11-13-30-14-12-21)5-10-26(25)40-27(19)17-32(3)41(37,38)24-8-6-23(39-4)7-9-24/h5-15,19-20,27,34H,16-18H2,1-4H3,(H,31,35)/t19-,20+,27-/m1/s1. The summed E-state index contributed by atoms with van der Waals surface area (Å²) >= 11 is 0. The van der Waals surface area contributed by atoms with E-state index in [4.69, 9.17) is 9.47 Å². The Morgan fingerprint density at radius 1 is 1.20 bits per heavy atom. The molecule has 0 radical (unpaired) electrons. The third kappa shape index (κ3) is 6.67. The van der Waals surface area contributed by atoms with Crippen molar-refractivity contribution in [1.82, 2.24) is 14.2 Å². The molecule has 0 aliphatic carbocycles. The Labute approximate surface area is 239 Å². The number of carbonyl (C=O) groups excluding carboxylic acids is 2. The number of nitrogens with zero attached hydrogens (tertiary/aromatic N) is 3. The number of ether oxygens (including phenoxy) is 2. The largest absolute Gasteiger partial charge is 0.497 e. The average Bonchev–Trinajstić information content (AvgIpc) is 2.99. The molecule has 0 spiro atoms. The van der Waals surface area contributed by atoms with Crippen LogP contribution >= 0.6 is 0 Å². The van der Waals surface area contributed by atoms with Crippen LogP contribution in [0, 0.1) is 5.92 Å². The molecule has 0 bridgehead atoms. The summed E-state index contributed by atoms with van der Waals surface area (Å²) in [6, 6.07) is 13.5. The Hall–Kier alpha value is -4.00. The minimum atomic E-state index is -3.85. The van der Waals surface area contributed by atoms with Crippen LogP contribution in [0.3, 0.4) is 0 Å². The first-order valence-electron chi connectivity index (χ1n) is 13.1. The monoisotopic (exact) mass is 582 g/mol. The minimum Gasteiger partial charge on any atom is -0.497 e. The zero-order valence-electron chi connectivity index (χ0n) is 23.4. The number of aromatic nitrogens is 1. The molecular formula is C29H34N4O7S. The number of methoxy groups -OCH3 is 1. The van der Waals surface area contributed by atoms with Crippen LogP contribution in [0.5, 0.6) is 11.5 Å². The van der Waals surface area contributed by atoms with Crippen LogP contribution in [-0.2, 0) is 10.0 Å². The molecule has 0 saturated heterocycles. The van der Waals surface area contributed by atoms with Crippen molar-refractivity contribution in [3.05, 3.63) is 78.1 Å². The fourth-order valence-electron chi connectivity index (χ4n) is 4.50. The molecule has 11 nitrogen and oxygen atoms in total. The summed E-state index contributed by atoms with van der Waals surface area (Å²) in [5.41, 5.74) is 0.971. The Balaban J connectivity index is 1.64. The molecule has 0 fully saturated rings. The molecule has 2 N–H and O–H groups in total. The molecule has 41 heavy (non-hydrogen) atoms. The van der Waals surface area contributed by atoms with E-state index in [1.54, 1.807) is 48.2 Å². The summed E-state index contributed by atoms with van der Waals surface area (Å²) in [7, 11) is -0.869. The van der Waals surface area contributed by atoms with E-state index >= 15 is 0 Å². The highest BCUT2D eigenvalue weighted by Crippen LogP contribution is 2.31. The van der Waals surface area contributed by atoms with Gasteiger partial charge in [-0.2, -0.15) is 4.31 Å². The Kier molecular flexibility index (Phi) is 9.26. The number of sulfonamides is 1. The first-order chi connectivity index (χ1) is 19.5. The summed E-state index contributed by atoms with van der Waals surface area (Å²) in [6.07, 6.45) is 2.38. The van der Waals surface area contributed by atoms with E-state index in [1.165, 1.54) is 49.1 Å². The molecule has 3 aromatic rings. The number of amides is 2. The second kappa shape index (κ2) is 12.7. The van der Waals surface area contributed by atoms with Gasteiger partial charge < -0.3 is 24.8 Å². The lowest BCUT2D eigenvalue weighted by molar-refractivity contribution is 0.0387. The van der Waals surface area contributed by atoms with Gasteiger partial charge in [0.05, 0.1) is 36.8 Å². The average molecular weight is 583 g/mol. The summed E-state index contributed by atoms with van der Waals surface area (Å²) < 4.78 is 39.3. The molecule has 1 aliphatic rings. The number of hydrogen-bond acceptors (Lipinski definition) is 8. The van der Waals surface area contributed by atoms with Crippen molar-refractivity contribution in [1.29, 1.82) is 0 Å². The van der Waals surface area contributed by atoms with Crippen LogP contribution in [-0.4, -0.2) is 85.5 Å². The molecular weight excluding hydrogens is 548 g/mol. The molecule has 2 heterocycles. The molecule has 3 atom stereocenters. The quantitative estimate of drug-likeness (QED) is 0.393. The van der Waals surface area contributed by atoms with Gasteiger partial charge in [0.25, 0.3) is 11.8 Å². The van der Waals surface area contributed by atoms with E-state index in [9.17, 15) is 23.1 Å². The zero-order valence-corrected chi connectivity index (χ0v) is 24.2. The van der Waals surface area contributed by atoms with Gasteiger partial charge >= 0.3 is 0 Å². The number of aliphatic hydroxyl groups is 1. The van der Waals surface area contributed by atoms with Crippen LogP contribution in [0.1, 0.15) is 34.6 Å². The van der Waals surface area contributed by atoms with E-state index in [1.807, 2.05) is 6.92 Å². The van der Waals surface area contributed by atoms with E-state index in [0.29, 0.717) is 17.0 Å². The maximum atomic E-state index is 13.7. The third-order valence-electron chi connectivity index (χ3n) is 7.07. The van der Waals surface area contributed by atoms with Gasteiger partial charge in [0, 0.05) is 43.2 Å². The van der Waals surface area contributed by atoms with Gasteiger partial charge in [-0.1, -0.05) is 6.92 Å². The van der Waals surface area contributed by atoms with Crippen molar-refractivity contribution in [3.8, 4) is 11.5 Å². The molecule has 4 rings (SSSR count). The fourth-order valence-corrected chi connectivity index (χ4v) is 5.69. The van der Waals surface area contributed by atoms with E-state index in [-0.39, 0.29) is 53.6 Å². The number of fused-ring (bicyclic) bond motifs is 1. The number of benzene rings is 2. The second-order valence-electron chi connectivity index (χ2n) is 9.98. The normalized spacial score (nSPS) is 18.1. The Morgan fingerprint density at radius 2 is 1.88 bits per heavy atom. The van der Waals surface area contributed by atoms with Crippen LogP contribution in [0.15, 0.2) is 71.9 Å². The van der Waals surface area contributed by atoms with Crippen molar-refractivity contribution in [2.45, 2.75) is 30.9 Å². The predicted octanol–water partition coefficient (Wildman–Crippen LogP) is 2.88. The molecule has 2 aromatic carbocycles. The molecule has 0 saturated carbocycles. The van der Waals surface area contributed by atoms with Crippen molar-refractivity contribution in [2.24, 2.45) is 5.92 Å². The second-order valence-corrected chi connectivity index (χ2v) is 12.0. The first-order valence-corrected chi connectivity index (χ1v) is 14.5. The van der Waals surface area contributed by atoms with Gasteiger partial charge in [-0.05, 0) is 61.5 Å². The third-order valence-corrected chi connectivity index (χ3v) is 8.91. The fraction of sp³-hybridized carbons (Fsp3) is 0.345. The zero-order chi connectivity index (χ0) is 29.7. The van der Waals surface area contributed by atoms with E-state index in [2.05, 4.69) is 10.3 Å². The summed E-state index contributed by atoms with van der Waals surface area (Å²) in [4.78, 5) is 31.9. The number of aliphatic hydroxyl groups excluding tert-OH is 1. The van der Waals surface area contributed by atoms with Crippen molar-refractivity contribution >= 4 is 27.5 Å². The molecule has 0 unspecified atom stereocenters. The maximum Gasteiger partial charge on any atom is 0.258 e. The number of hydrogen-bond donors (Lipinski definition) is 2. The van der Waals surface area contributed by atoms with Gasteiger partial charge in [0.15, 0.2) is 0 Å². The smallest absolute Gasteiger partial charge is 0.258 e. The SMILES string of the molecule is COc1ccc(S(=O)(=O)N(C)C[C@H]2Oc3ccc(NC(=O)c4ccncc4)cc3C(=O)N([C@@H](C)CO)C[C@H]2C)cc1. The lowest BCUT2D eigenvalue weighted by atomic mass is 9.99. The lowest BCUT2D eigenvalue weighted by Crippen LogP contribution is -2.50. The highest BCUT2D eigenvalue weighted by molar-refractivity contribution is 7.89. The summed E-state index contributed by atoms with van der Waals surface area (Å²) in [6.45, 7) is 3.57. The van der Waals surface area contributed by atoms with Gasteiger partial charge in [0.1, 0.15) is 17.6 Å². The minimum absolute atomic E-state index is 0.00500. The highest BCUT2D eigenvalue weighted by atomic mass is 32.2. The van der Waals surface area contributed by atoms with Gasteiger partial charge in [0.2, 0.25) is 10.0 Å². The van der Waals surface area contributed by atoms with Crippen molar-refractivity contribution < 1.29 is 32.6 Å². The number of carbonyl (C=O) groups is 2. The van der Waals surface area contributed by atoms with Gasteiger partial charge in [-0.3, -0.25) is 14.6 Å². The molecule has 12 heteroatoms. The van der Waals surface area contributed by atoms with Crippen molar-refractivity contribution in [3.63, 3.8) is 0 Å². The maximum absolute atomic E-state index is 13.7. The highest BCUT2D eigenvalue weighted by Gasteiger charge is 2.35. The number of rotatable bonds is 9. The Bertz CT molecular complexity index is 1480. The molecule has 1 aliphatic heterocycles. The number of pyridine rings is 1. The van der Waals surface area contributed by atoms with E-state index < -0.39 is 22.2 Å². The van der Waals surface area contributed by atoms with E-state index in [0.717, 1.165) is 0 Å². The van der Waals surface area contributed by atoms with Crippen LogP contribution in [0.4, 0.5) is 5.69 Å². The molecule has 218 valence electrons. The summed E-state index contributed by atoms with van der Waals surface area (Å²) in [5, 5.41) is 12.7. The number of anilines is 1. The molecule has 2 amide bonds. The molecule has 1 aromatic heterocycles. The Morgan fingerprint density at radius 3 is 2.51 bits per heavy atom. The van der Waals surface area contributed by atoms with Gasteiger partial charge in [-0.15, -0.1) is 0 Å². The van der Waals surface area contributed by atoms with Gasteiger partial charge in [-0.25, -0.2) is 8.42 Å². The first kappa shape index (κ1) is 30.0. The van der Waals surface area contributed by atoms with Crippen LogP contribution in [0.2, 0.25) is 0 Å². The van der Waals surface area contributed by atoms with Crippen LogP contribution in [0.25, 0.3) is 0 Å². The topological polar surface area (TPSA) is 138 Å². The predicted molar refractivity (Wildman–Crippen MR) is 153 cm³/mol. The lowest BCUT2D eigenvalue weighted by Gasteiger charge is -2.38.